The van der Waals surface area contributed by atoms with E-state index in [4.69, 9.17) is 0 Å². The quantitative estimate of drug-likeness (QED) is 0.812. The predicted molar refractivity (Wildman–Crippen MR) is 90.8 cm³/mol. The molecule has 0 aromatic heterocycles. The first-order chi connectivity index (χ1) is 10.5. The van der Waals surface area contributed by atoms with E-state index in [1.165, 1.54) is 0 Å². The van der Waals surface area contributed by atoms with E-state index in [1.807, 2.05) is 0 Å². The van der Waals surface area contributed by atoms with E-state index in [0.717, 1.165) is 24.8 Å². The molecule has 1 aromatic carbocycles. The third-order valence-corrected chi connectivity index (χ3v) is 6.33. The average molecular weight is 316 g/mol. The lowest BCUT2D eigenvalue weighted by Gasteiger charge is -2.54. The minimum Gasteiger partial charge on any atom is -0.508 e. The van der Waals surface area contributed by atoms with Crippen molar-refractivity contribution in [3.63, 3.8) is 0 Å². The van der Waals surface area contributed by atoms with Crippen molar-refractivity contribution in [2.24, 2.45) is 11.3 Å². The number of carbonyl (C=O) groups excluding carboxylic acids is 1. The van der Waals surface area contributed by atoms with Crippen LogP contribution in [0.4, 0.5) is 0 Å². The minimum atomic E-state index is -1.16. The van der Waals surface area contributed by atoms with Gasteiger partial charge in [-0.15, -0.1) is 0 Å². The van der Waals surface area contributed by atoms with Gasteiger partial charge in [-0.2, -0.15) is 0 Å². The van der Waals surface area contributed by atoms with E-state index in [9.17, 15) is 15.0 Å². The van der Waals surface area contributed by atoms with Crippen molar-refractivity contribution in [2.75, 3.05) is 0 Å². The largest absolute Gasteiger partial charge is 0.508 e. The summed E-state index contributed by atoms with van der Waals surface area (Å²) in [7, 11) is 0. The maximum absolute atomic E-state index is 12.8. The normalized spacial score (nSPS) is 29.8. The van der Waals surface area contributed by atoms with Crippen LogP contribution in [0.5, 0.6) is 5.75 Å². The molecule has 2 aliphatic rings. The monoisotopic (exact) mass is 316 g/mol. The van der Waals surface area contributed by atoms with Crippen LogP contribution in [0, 0.1) is 11.3 Å². The maximum atomic E-state index is 12.8. The van der Waals surface area contributed by atoms with Gasteiger partial charge in [-0.1, -0.05) is 27.2 Å². The number of ketones is 1. The number of carbonyl (C=O) groups is 1. The summed E-state index contributed by atoms with van der Waals surface area (Å²) in [6, 6.07) is 3.46. The van der Waals surface area contributed by atoms with Crippen LogP contribution in [-0.4, -0.2) is 16.0 Å². The van der Waals surface area contributed by atoms with Gasteiger partial charge in [0.25, 0.3) is 0 Å². The molecule has 0 spiro atoms. The number of aliphatic hydroxyl groups is 1. The summed E-state index contributed by atoms with van der Waals surface area (Å²) >= 11 is 0. The second kappa shape index (κ2) is 4.83. The number of hydrogen-bond acceptors (Lipinski definition) is 3. The SMILES string of the molecule is CC(C)(O)c1cc2c(cc1O)C1(C)CCCC(C)(C)C1CC2=O. The van der Waals surface area contributed by atoms with Crippen molar-refractivity contribution in [3.8, 4) is 5.75 Å². The van der Waals surface area contributed by atoms with Gasteiger partial charge in [0.2, 0.25) is 0 Å². The summed E-state index contributed by atoms with van der Waals surface area (Å²) in [5.74, 6) is 0.536. The molecule has 0 amide bonds. The Bertz CT molecular complexity index is 666. The van der Waals surface area contributed by atoms with Gasteiger partial charge >= 0.3 is 0 Å². The molecule has 3 heteroatoms. The molecule has 0 saturated heterocycles. The van der Waals surface area contributed by atoms with Gasteiger partial charge < -0.3 is 10.2 Å². The lowest BCUT2D eigenvalue weighted by atomic mass is 9.50. The fourth-order valence-electron chi connectivity index (χ4n) is 5.02. The van der Waals surface area contributed by atoms with Crippen LogP contribution in [0.1, 0.15) is 81.8 Å². The molecule has 0 bridgehead atoms. The number of rotatable bonds is 1. The molecule has 126 valence electrons. The predicted octanol–water partition coefficient (Wildman–Crippen LogP) is 4.29. The topological polar surface area (TPSA) is 57.5 Å². The van der Waals surface area contributed by atoms with E-state index < -0.39 is 5.60 Å². The van der Waals surface area contributed by atoms with Crippen molar-refractivity contribution < 1.29 is 15.0 Å². The Balaban J connectivity index is 2.22. The first kappa shape index (κ1) is 16.5. The fraction of sp³-hybridized carbons (Fsp3) is 0.650. The minimum absolute atomic E-state index is 0.0827. The van der Waals surface area contributed by atoms with Crippen molar-refractivity contribution in [3.05, 3.63) is 28.8 Å². The summed E-state index contributed by atoms with van der Waals surface area (Å²) in [5, 5.41) is 20.7. The molecule has 1 aromatic rings. The maximum Gasteiger partial charge on any atom is 0.163 e. The molecule has 1 fully saturated rings. The highest BCUT2D eigenvalue weighted by Crippen LogP contribution is 2.57. The fourth-order valence-corrected chi connectivity index (χ4v) is 5.02. The standard InChI is InChI=1S/C20H28O3/c1-18(2)7-6-8-20(5)13-10-16(22)14(19(3,4)23)9-12(13)15(21)11-17(18)20/h9-10,17,22-23H,6-8,11H2,1-5H3. The van der Waals surface area contributed by atoms with Gasteiger partial charge in [0.15, 0.2) is 5.78 Å². The van der Waals surface area contributed by atoms with Crippen LogP contribution in [0.2, 0.25) is 0 Å². The van der Waals surface area contributed by atoms with Crippen molar-refractivity contribution >= 4 is 5.78 Å². The zero-order chi connectivity index (χ0) is 17.2. The van der Waals surface area contributed by atoms with Crippen LogP contribution in [-0.2, 0) is 11.0 Å². The molecule has 2 N–H and O–H groups in total. The van der Waals surface area contributed by atoms with Gasteiger partial charge in [-0.3, -0.25) is 4.79 Å². The van der Waals surface area contributed by atoms with E-state index in [0.29, 0.717) is 23.5 Å². The van der Waals surface area contributed by atoms with E-state index >= 15 is 0 Å². The molecule has 2 atom stereocenters. The second-order valence-corrected chi connectivity index (χ2v) is 8.91. The highest BCUT2D eigenvalue weighted by Gasteiger charge is 2.52. The zero-order valence-electron chi connectivity index (χ0n) is 14.9. The molecule has 1 saturated carbocycles. The van der Waals surface area contributed by atoms with E-state index in [1.54, 1.807) is 26.0 Å². The number of hydrogen-bond donors (Lipinski definition) is 2. The Morgan fingerprint density at radius 3 is 2.43 bits per heavy atom. The van der Waals surface area contributed by atoms with Gasteiger partial charge in [-0.25, -0.2) is 0 Å². The Labute approximate surface area is 138 Å². The van der Waals surface area contributed by atoms with Crippen LogP contribution in [0.25, 0.3) is 0 Å². The molecule has 0 heterocycles. The number of fused-ring (bicyclic) bond motifs is 3. The lowest BCUT2D eigenvalue weighted by molar-refractivity contribution is 0.0363. The third kappa shape index (κ3) is 2.40. The van der Waals surface area contributed by atoms with Gasteiger partial charge in [-0.05, 0) is 61.1 Å². The molecule has 23 heavy (non-hydrogen) atoms. The molecule has 3 rings (SSSR count). The highest BCUT2D eigenvalue weighted by atomic mass is 16.3. The van der Waals surface area contributed by atoms with Crippen molar-refractivity contribution in [1.82, 2.24) is 0 Å². The van der Waals surface area contributed by atoms with Gasteiger partial charge in [0.05, 0.1) is 5.60 Å². The summed E-state index contributed by atoms with van der Waals surface area (Å²) in [5.41, 5.74) is 0.976. The summed E-state index contributed by atoms with van der Waals surface area (Å²) in [6.45, 7) is 10.0. The second-order valence-electron chi connectivity index (χ2n) is 8.91. The Morgan fingerprint density at radius 2 is 1.83 bits per heavy atom. The third-order valence-electron chi connectivity index (χ3n) is 6.33. The van der Waals surface area contributed by atoms with Crippen molar-refractivity contribution in [2.45, 2.75) is 71.3 Å². The number of aromatic hydroxyl groups is 1. The molecular weight excluding hydrogens is 288 g/mol. The Kier molecular flexibility index (Phi) is 3.46. The number of benzene rings is 1. The average Bonchev–Trinajstić information content (AvgIpc) is 2.40. The lowest BCUT2D eigenvalue weighted by Crippen LogP contribution is -2.49. The number of Topliss-reactive ketones (excluding diaryl/α,β-unsaturated/α-hetero) is 1. The van der Waals surface area contributed by atoms with Crippen LogP contribution in [0.3, 0.4) is 0 Å². The smallest absolute Gasteiger partial charge is 0.163 e. The van der Waals surface area contributed by atoms with E-state index in [-0.39, 0.29) is 22.4 Å². The highest BCUT2D eigenvalue weighted by molar-refractivity contribution is 6.00. The molecular formula is C20H28O3. The van der Waals surface area contributed by atoms with Crippen molar-refractivity contribution in [1.29, 1.82) is 0 Å². The van der Waals surface area contributed by atoms with Crippen LogP contribution < -0.4 is 0 Å². The molecule has 2 aliphatic carbocycles. The van der Waals surface area contributed by atoms with Gasteiger partial charge in [0.1, 0.15) is 5.75 Å². The molecule has 0 aliphatic heterocycles. The summed E-state index contributed by atoms with van der Waals surface area (Å²) in [6.07, 6.45) is 3.89. The van der Waals surface area contributed by atoms with Crippen LogP contribution >= 0.6 is 0 Å². The Morgan fingerprint density at radius 1 is 1.17 bits per heavy atom. The molecule has 3 nitrogen and oxygen atoms in total. The number of phenols is 1. The zero-order valence-corrected chi connectivity index (χ0v) is 14.9. The van der Waals surface area contributed by atoms with Gasteiger partial charge in [0, 0.05) is 17.5 Å². The summed E-state index contributed by atoms with van der Waals surface area (Å²) < 4.78 is 0. The first-order valence-corrected chi connectivity index (χ1v) is 8.60. The number of phenolic OH excluding ortho intramolecular Hbond substituents is 1. The molecule has 0 radical (unpaired) electrons. The van der Waals surface area contributed by atoms with Crippen LogP contribution in [0.15, 0.2) is 12.1 Å². The molecule has 2 unspecified atom stereocenters. The first-order valence-electron chi connectivity index (χ1n) is 8.60. The summed E-state index contributed by atoms with van der Waals surface area (Å²) in [4.78, 5) is 12.8. The Hall–Kier alpha value is -1.35. The van der Waals surface area contributed by atoms with E-state index in [2.05, 4.69) is 20.8 Å².